The smallest absolute Gasteiger partial charge is 0.356 e. The van der Waals surface area contributed by atoms with Crippen LogP contribution in [0, 0.1) is 0 Å². The maximum atomic E-state index is 11.6. The third-order valence-corrected chi connectivity index (χ3v) is 4.82. The van der Waals surface area contributed by atoms with Crippen molar-refractivity contribution in [3.8, 4) is 0 Å². The van der Waals surface area contributed by atoms with Crippen LogP contribution < -0.4 is 4.90 Å². The first kappa shape index (κ1) is 13.4. The van der Waals surface area contributed by atoms with Crippen molar-refractivity contribution in [1.29, 1.82) is 0 Å². The van der Waals surface area contributed by atoms with Gasteiger partial charge in [0.1, 0.15) is 0 Å². The Hall–Kier alpha value is -1.60. The van der Waals surface area contributed by atoms with Crippen LogP contribution in [-0.2, 0) is 0 Å². The molecule has 1 saturated heterocycles. The summed E-state index contributed by atoms with van der Waals surface area (Å²) in [6.07, 6.45) is 1.77. The maximum Gasteiger partial charge on any atom is 0.356 e. The van der Waals surface area contributed by atoms with Crippen molar-refractivity contribution in [2.24, 2.45) is 0 Å². The molecule has 2 aromatic rings. The second-order valence-corrected chi connectivity index (χ2v) is 6.67. The van der Waals surface area contributed by atoms with E-state index in [2.05, 4.69) is 35.7 Å². The molecule has 0 spiro atoms. The largest absolute Gasteiger partial charge is 0.476 e. The Balaban J connectivity index is 2.04. The summed E-state index contributed by atoms with van der Waals surface area (Å²) in [7, 11) is 2.10. The first-order valence-corrected chi connectivity index (χ1v) is 7.43. The number of hydrogen-bond acceptors (Lipinski definition) is 5. The molecule has 3 rings (SSSR count). The molecule has 0 saturated carbocycles. The minimum Gasteiger partial charge on any atom is -0.476 e. The standard InChI is InChI=1S/C13H18N4O2S/c1-13(2)8-16(5-4-15(13)3)10-9(11(18)19)17-6-7-20-12(17)14-10/h6-7H,4-5,8H2,1-3H3,(H,18,19). The Labute approximate surface area is 121 Å². The normalized spacial score (nSPS) is 19.6. The Morgan fingerprint density at radius 2 is 2.20 bits per heavy atom. The highest BCUT2D eigenvalue weighted by molar-refractivity contribution is 7.15. The number of nitrogens with zero attached hydrogens (tertiary/aromatic N) is 4. The molecule has 0 radical (unpaired) electrons. The van der Waals surface area contributed by atoms with Crippen LogP contribution in [0.5, 0.6) is 0 Å². The first-order chi connectivity index (χ1) is 9.40. The molecule has 0 bridgehead atoms. The van der Waals surface area contributed by atoms with Gasteiger partial charge in [0.15, 0.2) is 16.5 Å². The number of anilines is 1. The fourth-order valence-electron chi connectivity index (χ4n) is 2.61. The van der Waals surface area contributed by atoms with Crippen molar-refractivity contribution in [2.45, 2.75) is 19.4 Å². The number of carbonyl (C=O) groups is 1. The topological polar surface area (TPSA) is 61.1 Å². The minimum atomic E-state index is -0.928. The fraction of sp³-hybridized carbons (Fsp3) is 0.538. The summed E-state index contributed by atoms with van der Waals surface area (Å²) < 4.78 is 1.66. The summed E-state index contributed by atoms with van der Waals surface area (Å²) >= 11 is 1.46. The highest BCUT2D eigenvalue weighted by Gasteiger charge is 2.34. The molecule has 0 atom stereocenters. The number of piperazine rings is 1. The Morgan fingerprint density at radius 3 is 2.85 bits per heavy atom. The molecule has 20 heavy (non-hydrogen) atoms. The van der Waals surface area contributed by atoms with Gasteiger partial charge in [-0.15, -0.1) is 11.3 Å². The molecule has 1 aliphatic rings. The second kappa shape index (κ2) is 4.46. The first-order valence-electron chi connectivity index (χ1n) is 6.55. The van der Waals surface area contributed by atoms with E-state index in [1.807, 2.05) is 5.38 Å². The van der Waals surface area contributed by atoms with Gasteiger partial charge in [0.05, 0.1) is 0 Å². The van der Waals surface area contributed by atoms with Crippen LogP contribution in [0.2, 0.25) is 0 Å². The van der Waals surface area contributed by atoms with E-state index in [1.165, 1.54) is 11.3 Å². The van der Waals surface area contributed by atoms with Gasteiger partial charge in [-0.05, 0) is 20.9 Å². The number of carboxylic acids is 1. The third kappa shape index (κ3) is 1.97. The number of aromatic carboxylic acids is 1. The molecule has 108 valence electrons. The van der Waals surface area contributed by atoms with Crippen LogP contribution in [0.4, 0.5) is 5.82 Å². The van der Waals surface area contributed by atoms with E-state index in [4.69, 9.17) is 0 Å². The number of likely N-dealkylation sites (N-methyl/N-ethyl adjacent to an activating group) is 1. The molecule has 1 fully saturated rings. The lowest BCUT2D eigenvalue weighted by molar-refractivity contribution is 0.0689. The lowest BCUT2D eigenvalue weighted by Crippen LogP contribution is -2.58. The lowest BCUT2D eigenvalue weighted by atomic mass is 10.00. The van der Waals surface area contributed by atoms with Gasteiger partial charge in [-0.2, -0.15) is 0 Å². The predicted molar refractivity (Wildman–Crippen MR) is 79.0 cm³/mol. The summed E-state index contributed by atoms with van der Waals surface area (Å²) in [6.45, 7) is 6.80. The van der Waals surface area contributed by atoms with Crippen LogP contribution in [-0.4, -0.2) is 57.6 Å². The zero-order valence-corrected chi connectivity index (χ0v) is 12.6. The van der Waals surface area contributed by atoms with Gasteiger partial charge >= 0.3 is 5.97 Å². The number of carboxylic acid groups (broad SMARTS) is 1. The second-order valence-electron chi connectivity index (χ2n) is 5.80. The van der Waals surface area contributed by atoms with E-state index in [0.29, 0.717) is 5.82 Å². The van der Waals surface area contributed by atoms with Gasteiger partial charge in [0.25, 0.3) is 0 Å². The number of aromatic nitrogens is 2. The quantitative estimate of drug-likeness (QED) is 0.912. The van der Waals surface area contributed by atoms with E-state index in [9.17, 15) is 9.90 Å². The summed E-state index contributed by atoms with van der Waals surface area (Å²) in [6, 6.07) is 0. The average molecular weight is 294 g/mol. The number of thiazole rings is 1. The number of hydrogen-bond donors (Lipinski definition) is 1. The molecule has 0 aliphatic carbocycles. The lowest BCUT2D eigenvalue weighted by Gasteiger charge is -2.45. The molecule has 1 N–H and O–H groups in total. The molecule has 2 aromatic heterocycles. The van der Waals surface area contributed by atoms with Crippen molar-refractivity contribution in [3.05, 3.63) is 17.3 Å². The maximum absolute atomic E-state index is 11.6. The van der Waals surface area contributed by atoms with Crippen molar-refractivity contribution in [1.82, 2.24) is 14.3 Å². The van der Waals surface area contributed by atoms with Crippen LogP contribution in [0.25, 0.3) is 4.96 Å². The highest BCUT2D eigenvalue weighted by atomic mass is 32.1. The number of imidazole rings is 1. The SMILES string of the molecule is CN1CCN(c2nc3sccn3c2C(=O)O)CC1(C)C. The Kier molecular flexibility index (Phi) is 2.98. The van der Waals surface area contributed by atoms with Gasteiger partial charge in [-0.3, -0.25) is 9.30 Å². The molecule has 3 heterocycles. The molecule has 0 aromatic carbocycles. The highest BCUT2D eigenvalue weighted by Crippen LogP contribution is 2.29. The molecule has 6 nitrogen and oxygen atoms in total. The van der Waals surface area contributed by atoms with Crippen molar-refractivity contribution < 1.29 is 9.90 Å². The van der Waals surface area contributed by atoms with E-state index in [-0.39, 0.29) is 11.2 Å². The summed E-state index contributed by atoms with van der Waals surface area (Å²) in [5, 5.41) is 11.3. The van der Waals surface area contributed by atoms with E-state index < -0.39 is 5.97 Å². The van der Waals surface area contributed by atoms with Crippen LogP contribution in [0.3, 0.4) is 0 Å². The molecule has 0 amide bonds. The third-order valence-electron chi connectivity index (χ3n) is 4.06. The van der Waals surface area contributed by atoms with Crippen LogP contribution in [0.1, 0.15) is 24.3 Å². The molecule has 0 unspecified atom stereocenters. The van der Waals surface area contributed by atoms with Crippen molar-refractivity contribution in [2.75, 3.05) is 31.6 Å². The zero-order valence-electron chi connectivity index (χ0n) is 11.8. The molecule has 7 heteroatoms. The minimum absolute atomic E-state index is 0.00503. The summed E-state index contributed by atoms with van der Waals surface area (Å²) in [4.78, 5) is 21.2. The van der Waals surface area contributed by atoms with Gasteiger partial charge in [-0.25, -0.2) is 9.78 Å². The average Bonchev–Trinajstić information content (AvgIpc) is 2.91. The fourth-order valence-corrected chi connectivity index (χ4v) is 3.32. The van der Waals surface area contributed by atoms with Gasteiger partial charge in [-0.1, -0.05) is 0 Å². The van der Waals surface area contributed by atoms with Gasteiger partial charge < -0.3 is 10.0 Å². The molecular formula is C13H18N4O2S. The summed E-state index contributed by atoms with van der Waals surface area (Å²) in [5.74, 6) is -0.340. The van der Waals surface area contributed by atoms with Crippen molar-refractivity contribution in [3.63, 3.8) is 0 Å². The number of fused-ring (bicyclic) bond motifs is 1. The summed E-state index contributed by atoms with van der Waals surface area (Å²) in [5.41, 5.74) is 0.270. The van der Waals surface area contributed by atoms with E-state index >= 15 is 0 Å². The van der Waals surface area contributed by atoms with E-state index in [0.717, 1.165) is 24.6 Å². The number of rotatable bonds is 2. The monoisotopic (exact) mass is 294 g/mol. The zero-order chi connectivity index (χ0) is 14.5. The van der Waals surface area contributed by atoms with Crippen LogP contribution in [0.15, 0.2) is 11.6 Å². The molecule has 1 aliphatic heterocycles. The Morgan fingerprint density at radius 1 is 1.45 bits per heavy atom. The van der Waals surface area contributed by atoms with Gasteiger partial charge in [0, 0.05) is 36.8 Å². The van der Waals surface area contributed by atoms with E-state index in [1.54, 1.807) is 10.6 Å². The van der Waals surface area contributed by atoms with Crippen LogP contribution >= 0.6 is 11.3 Å². The predicted octanol–water partition coefficient (Wildman–Crippen LogP) is 1.62. The molecular weight excluding hydrogens is 276 g/mol. The Bertz CT molecular complexity index is 660. The van der Waals surface area contributed by atoms with Crippen molar-refractivity contribution >= 4 is 28.1 Å². The van der Waals surface area contributed by atoms with Gasteiger partial charge in [0.2, 0.25) is 0 Å².